The molecule has 1 N–H and O–H groups in total. The van der Waals surface area contributed by atoms with Gasteiger partial charge in [-0.05, 0) is 43.0 Å². The van der Waals surface area contributed by atoms with Gasteiger partial charge in [-0.3, -0.25) is 0 Å². The van der Waals surface area contributed by atoms with E-state index in [2.05, 4.69) is 19.2 Å². The molecule has 2 fully saturated rings. The molecule has 6 heteroatoms. The van der Waals surface area contributed by atoms with E-state index < -0.39 is 10.0 Å². The first-order valence-electron chi connectivity index (χ1n) is 7.80. The van der Waals surface area contributed by atoms with Gasteiger partial charge in [0, 0.05) is 30.1 Å². The van der Waals surface area contributed by atoms with Crippen molar-refractivity contribution in [2.45, 2.75) is 63.1 Å². The summed E-state index contributed by atoms with van der Waals surface area (Å²) >= 11 is 1.53. The molecule has 0 saturated heterocycles. The van der Waals surface area contributed by atoms with Gasteiger partial charge in [-0.1, -0.05) is 13.8 Å². The van der Waals surface area contributed by atoms with Crippen LogP contribution in [0.5, 0.6) is 0 Å². The van der Waals surface area contributed by atoms with Gasteiger partial charge >= 0.3 is 0 Å². The maximum absolute atomic E-state index is 13.0. The molecule has 118 valence electrons. The topological polar surface area (TPSA) is 49.4 Å². The van der Waals surface area contributed by atoms with Crippen molar-refractivity contribution in [3.63, 3.8) is 0 Å². The van der Waals surface area contributed by atoms with Crippen molar-refractivity contribution in [3.05, 3.63) is 16.3 Å². The smallest absolute Gasteiger partial charge is 0.244 e. The van der Waals surface area contributed by atoms with Crippen LogP contribution in [0, 0.1) is 5.92 Å². The Morgan fingerprint density at radius 1 is 1.33 bits per heavy atom. The van der Waals surface area contributed by atoms with Crippen LogP contribution in [0.3, 0.4) is 0 Å². The SMILES string of the molecule is CC(C)NCc1sccc1S(=O)(=O)N(CC1CC1)C1CC1. The summed E-state index contributed by atoms with van der Waals surface area (Å²) in [5.74, 6) is 0.594. The second-order valence-corrected chi connectivity index (χ2v) is 9.35. The summed E-state index contributed by atoms with van der Waals surface area (Å²) in [4.78, 5) is 1.46. The van der Waals surface area contributed by atoms with Crippen LogP contribution in [0.1, 0.15) is 44.4 Å². The molecule has 0 radical (unpaired) electrons. The molecule has 2 aliphatic rings. The molecule has 0 unspecified atom stereocenters. The van der Waals surface area contributed by atoms with E-state index in [0.29, 0.717) is 23.4 Å². The van der Waals surface area contributed by atoms with Crippen LogP contribution in [0.15, 0.2) is 16.3 Å². The number of hydrogen-bond acceptors (Lipinski definition) is 4. The molecule has 1 aromatic rings. The summed E-state index contributed by atoms with van der Waals surface area (Å²) < 4.78 is 27.8. The third-order valence-electron chi connectivity index (χ3n) is 4.05. The normalized spacial score (nSPS) is 19.6. The maximum Gasteiger partial charge on any atom is 0.244 e. The lowest BCUT2D eigenvalue weighted by Crippen LogP contribution is -2.35. The van der Waals surface area contributed by atoms with Crippen LogP contribution in [-0.4, -0.2) is 31.4 Å². The first-order valence-corrected chi connectivity index (χ1v) is 10.1. The van der Waals surface area contributed by atoms with Crippen molar-refractivity contribution in [2.24, 2.45) is 5.92 Å². The zero-order valence-electron chi connectivity index (χ0n) is 12.7. The number of sulfonamides is 1. The average Bonchev–Trinajstić information content (AvgIpc) is 3.32. The van der Waals surface area contributed by atoms with Gasteiger partial charge in [0.05, 0.1) is 4.90 Å². The number of rotatable bonds is 8. The molecule has 0 bridgehead atoms. The molecular formula is C15H24N2O2S2. The fourth-order valence-electron chi connectivity index (χ4n) is 2.47. The van der Waals surface area contributed by atoms with E-state index in [1.54, 1.807) is 10.4 Å². The predicted molar refractivity (Wildman–Crippen MR) is 85.9 cm³/mol. The zero-order valence-corrected chi connectivity index (χ0v) is 14.3. The largest absolute Gasteiger partial charge is 0.310 e. The van der Waals surface area contributed by atoms with E-state index in [9.17, 15) is 8.42 Å². The van der Waals surface area contributed by atoms with Gasteiger partial charge in [-0.15, -0.1) is 11.3 Å². The molecule has 4 nitrogen and oxygen atoms in total. The molecule has 0 aromatic carbocycles. The Morgan fingerprint density at radius 2 is 2.05 bits per heavy atom. The monoisotopic (exact) mass is 328 g/mol. The highest BCUT2D eigenvalue weighted by Crippen LogP contribution is 2.39. The number of nitrogens with zero attached hydrogens (tertiary/aromatic N) is 1. The van der Waals surface area contributed by atoms with Gasteiger partial charge in [0.25, 0.3) is 0 Å². The minimum atomic E-state index is -3.32. The summed E-state index contributed by atoms with van der Waals surface area (Å²) in [7, 11) is -3.32. The molecule has 21 heavy (non-hydrogen) atoms. The first kappa shape index (κ1) is 15.5. The molecule has 2 aliphatic carbocycles. The highest BCUT2D eigenvalue weighted by molar-refractivity contribution is 7.89. The lowest BCUT2D eigenvalue weighted by molar-refractivity contribution is 0.388. The molecule has 0 atom stereocenters. The third-order valence-corrected chi connectivity index (χ3v) is 7.10. The fraction of sp³-hybridized carbons (Fsp3) is 0.733. The highest BCUT2D eigenvalue weighted by atomic mass is 32.2. The van der Waals surface area contributed by atoms with Gasteiger partial charge in [-0.2, -0.15) is 4.31 Å². The summed E-state index contributed by atoms with van der Waals surface area (Å²) in [6, 6.07) is 2.38. The van der Waals surface area contributed by atoms with E-state index in [1.807, 2.05) is 5.38 Å². The van der Waals surface area contributed by atoms with Gasteiger partial charge in [0.15, 0.2) is 0 Å². The minimum Gasteiger partial charge on any atom is -0.310 e. The van der Waals surface area contributed by atoms with E-state index in [-0.39, 0.29) is 6.04 Å². The van der Waals surface area contributed by atoms with Crippen molar-refractivity contribution >= 4 is 21.4 Å². The van der Waals surface area contributed by atoms with Crippen LogP contribution in [0.25, 0.3) is 0 Å². The predicted octanol–water partition coefficient (Wildman–Crippen LogP) is 2.81. The quantitative estimate of drug-likeness (QED) is 0.798. The number of hydrogen-bond donors (Lipinski definition) is 1. The molecule has 1 heterocycles. The second-order valence-electron chi connectivity index (χ2n) is 6.49. The minimum absolute atomic E-state index is 0.251. The summed E-state index contributed by atoms with van der Waals surface area (Å²) in [6.07, 6.45) is 4.42. The highest BCUT2D eigenvalue weighted by Gasteiger charge is 2.41. The van der Waals surface area contributed by atoms with Crippen molar-refractivity contribution in [2.75, 3.05) is 6.54 Å². The summed E-state index contributed by atoms with van der Waals surface area (Å²) in [6.45, 7) is 5.50. The summed E-state index contributed by atoms with van der Waals surface area (Å²) in [5.41, 5.74) is 0. The standard InChI is InChI=1S/C15H24N2O2S2/c1-11(2)16-9-14-15(7-8-20-14)21(18,19)17(13-5-6-13)10-12-3-4-12/h7-8,11-13,16H,3-6,9-10H2,1-2H3. The average molecular weight is 329 g/mol. The molecule has 3 rings (SSSR count). The Bertz CT molecular complexity index is 587. The Labute approximate surface area is 131 Å². The van der Waals surface area contributed by atoms with Crippen LogP contribution in [-0.2, 0) is 16.6 Å². The van der Waals surface area contributed by atoms with E-state index in [1.165, 1.54) is 24.2 Å². The first-order chi connectivity index (χ1) is 9.98. The number of thiophene rings is 1. The van der Waals surface area contributed by atoms with Crippen LogP contribution >= 0.6 is 11.3 Å². The van der Waals surface area contributed by atoms with Crippen molar-refractivity contribution in [1.82, 2.24) is 9.62 Å². The van der Waals surface area contributed by atoms with Crippen LogP contribution in [0.4, 0.5) is 0 Å². The maximum atomic E-state index is 13.0. The van der Waals surface area contributed by atoms with Crippen molar-refractivity contribution < 1.29 is 8.42 Å². The molecule has 2 saturated carbocycles. The molecule has 0 aliphatic heterocycles. The molecule has 1 aromatic heterocycles. The molecule has 0 spiro atoms. The fourth-order valence-corrected chi connectivity index (χ4v) is 5.60. The lowest BCUT2D eigenvalue weighted by atomic mass is 10.4. The van der Waals surface area contributed by atoms with E-state index >= 15 is 0 Å². The van der Waals surface area contributed by atoms with Gasteiger partial charge in [-0.25, -0.2) is 8.42 Å². The Morgan fingerprint density at radius 3 is 2.62 bits per heavy atom. The number of nitrogens with one attached hydrogen (secondary N) is 1. The lowest BCUT2D eigenvalue weighted by Gasteiger charge is -2.22. The van der Waals surface area contributed by atoms with Crippen LogP contribution in [0.2, 0.25) is 0 Å². The Kier molecular flexibility index (Phi) is 4.41. The van der Waals surface area contributed by atoms with Crippen molar-refractivity contribution in [1.29, 1.82) is 0 Å². The van der Waals surface area contributed by atoms with Gasteiger partial charge in [0.2, 0.25) is 10.0 Å². The van der Waals surface area contributed by atoms with Crippen molar-refractivity contribution in [3.8, 4) is 0 Å². The molecular weight excluding hydrogens is 304 g/mol. The van der Waals surface area contributed by atoms with E-state index in [4.69, 9.17) is 0 Å². The second kappa shape index (κ2) is 5.99. The third kappa shape index (κ3) is 3.67. The van der Waals surface area contributed by atoms with Gasteiger partial charge in [0.1, 0.15) is 0 Å². The Balaban J connectivity index is 1.81. The molecule has 0 amide bonds. The van der Waals surface area contributed by atoms with Gasteiger partial charge < -0.3 is 5.32 Å². The zero-order chi connectivity index (χ0) is 15.0. The Hall–Kier alpha value is -0.430. The van der Waals surface area contributed by atoms with Crippen LogP contribution < -0.4 is 5.32 Å². The van der Waals surface area contributed by atoms with E-state index in [0.717, 1.165) is 24.3 Å². The summed E-state index contributed by atoms with van der Waals surface area (Å²) in [5, 5.41) is 5.22.